The first-order chi connectivity index (χ1) is 11.7. The van der Waals surface area contributed by atoms with Gasteiger partial charge in [0.25, 0.3) is 0 Å². The molecule has 3 rings (SSSR count). The summed E-state index contributed by atoms with van der Waals surface area (Å²) in [5.74, 6) is 8.84. The van der Waals surface area contributed by atoms with Crippen LogP contribution in [0.5, 0.6) is 5.75 Å². The lowest BCUT2D eigenvalue weighted by atomic mass is 9.81. The Morgan fingerprint density at radius 3 is 2.62 bits per heavy atom. The van der Waals surface area contributed by atoms with Crippen LogP contribution in [0, 0.1) is 17.8 Å². The molecule has 0 bridgehead atoms. The van der Waals surface area contributed by atoms with Gasteiger partial charge in [0, 0.05) is 24.7 Å². The number of hydrogen-bond acceptors (Lipinski definition) is 6. The number of rotatable bonds is 4. The predicted octanol–water partition coefficient (Wildman–Crippen LogP) is 2.36. The van der Waals surface area contributed by atoms with E-state index >= 15 is 0 Å². The lowest BCUT2D eigenvalue weighted by molar-refractivity contribution is 0.335. The minimum Gasteiger partial charge on any atom is -0.497 e. The lowest BCUT2D eigenvalue weighted by Crippen LogP contribution is -2.35. The third kappa shape index (κ3) is 3.76. The molecule has 0 saturated heterocycles. The molecule has 1 aromatic heterocycles. The van der Waals surface area contributed by atoms with Crippen molar-refractivity contribution in [3.8, 4) is 17.6 Å². The molecule has 1 saturated carbocycles. The van der Waals surface area contributed by atoms with Crippen LogP contribution in [-0.2, 0) is 0 Å². The van der Waals surface area contributed by atoms with E-state index in [1.54, 1.807) is 20.4 Å². The van der Waals surface area contributed by atoms with Crippen molar-refractivity contribution in [1.29, 1.82) is 0 Å². The summed E-state index contributed by atoms with van der Waals surface area (Å²) in [5, 5.41) is 6.24. The van der Waals surface area contributed by atoms with Crippen LogP contribution < -0.4 is 21.1 Å². The van der Waals surface area contributed by atoms with E-state index in [0.29, 0.717) is 23.7 Å². The summed E-state index contributed by atoms with van der Waals surface area (Å²) in [7, 11) is 3.43. The Bertz CT molecular complexity index is 757. The number of methoxy groups -OCH3 is 1. The molecule has 6 heteroatoms. The fraction of sp³-hybridized carbons (Fsp3) is 0.333. The number of nitrogens with two attached hydrogens (primary N) is 1. The molecule has 0 unspecified atom stereocenters. The highest BCUT2D eigenvalue weighted by molar-refractivity contribution is 5.64. The summed E-state index contributed by atoms with van der Waals surface area (Å²) in [6, 6.07) is 7.95. The van der Waals surface area contributed by atoms with Crippen molar-refractivity contribution in [1.82, 2.24) is 9.97 Å². The van der Waals surface area contributed by atoms with Crippen LogP contribution in [0.4, 0.5) is 17.5 Å². The Morgan fingerprint density at radius 2 is 2.00 bits per heavy atom. The van der Waals surface area contributed by atoms with E-state index in [1.807, 2.05) is 24.3 Å². The summed E-state index contributed by atoms with van der Waals surface area (Å²) in [5.41, 5.74) is 7.48. The van der Waals surface area contributed by atoms with Crippen molar-refractivity contribution in [3.63, 3.8) is 0 Å². The second kappa shape index (κ2) is 7.20. The number of nitrogens with one attached hydrogen (secondary N) is 2. The normalized spacial score (nSPS) is 18.8. The number of hydrogen-bond donors (Lipinski definition) is 3. The van der Waals surface area contributed by atoms with Gasteiger partial charge in [-0.2, -0.15) is 4.98 Å². The molecule has 6 nitrogen and oxygen atoms in total. The Hall–Kier alpha value is -2.78. The molecule has 0 aliphatic heterocycles. The van der Waals surface area contributed by atoms with Crippen molar-refractivity contribution in [2.45, 2.75) is 18.9 Å². The first kappa shape index (κ1) is 16.1. The van der Waals surface area contributed by atoms with Gasteiger partial charge in [-0.1, -0.05) is 11.8 Å². The van der Waals surface area contributed by atoms with E-state index in [9.17, 15) is 0 Å². The molecule has 124 valence electrons. The van der Waals surface area contributed by atoms with Crippen molar-refractivity contribution >= 4 is 17.5 Å². The summed E-state index contributed by atoms with van der Waals surface area (Å²) >= 11 is 0. The number of anilines is 3. The fourth-order valence-corrected chi connectivity index (χ4v) is 2.46. The second-order valence-corrected chi connectivity index (χ2v) is 5.76. The molecule has 1 heterocycles. The molecule has 0 spiro atoms. The van der Waals surface area contributed by atoms with Gasteiger partial charge < -0.3 is 21.1 Å². The maximum atomic E-state index is 5.81. The van der Waals surface area contributed by atoms with Gasteiger partial charge in [-0.05, 0) is 37.1 Å². The zero-order valence-electron chi connectivity index (χ0n) is 13.8. The maximum Gasteiger partial charge on any atom is 0.224 e. The van der Waals surface area contributed by atoms with Crippen molar-refractivity contribution in [3.05, 3.63) is 36.0 Å². The third-order valence-electron chi connectivity index (χ3n) is 3.95. The Balaban J connectivity index is 1.83. The van der Waals surface area contributed by atoms with Gasteiger partial charge in [-0.3, -0.25) is 0 Å². The fourth-order valence-electron chi connectivity index (χ4n) is 2.46. The zero-order valence-corrected chi connectivity index (χ0v) is 13.8. The van der Waals surface area contributed by atoms with Crippen LogP contribution in [0.2, 0.25) is 0 Å². The summed E-state index contributed by atoms with van der Waals surface area (Å²) < 4.78 is 5.18. The second-order valence-electron chi connectivity index (χ2n) is 5.76. The van der Waals surface area contributed by atoms with Crippen LogP contribution in [0.1, 0.15) is 18.4 Å². The minimum atomic E-state index is 0.295. The van der Waals surface area contributed by atoms with Crippen LogP contribution >= 0.6 is 0 Å². The standard InChI is InChI=1S/C18H21N5O/c1-20-18-21-11-13(4-3-12-9-14(19)10-12)17(23-18)22-15-5-7-16(24-2)8-6-15/h5-8,11-12,14H,9-10,19H2,1-2H3,(H2,20,21,22,23). The molecule has 0 amide bonds. The van der Waals surface area contributed by atoms with Crippen LogP contribution in [-0.4, -0.2) is 30.2 Å². The van der Waals surface area contributed by atoms with E-state index in [0.717, 1.165) is 29.8 Å². The van der Waals surface area contributed by atoms with Crippen LogP contribution in [0.3, 0.4) is 0 Å². The molecular weight excluding hydrogens is 302 g/mol. The molecule has 2 aromatic rings. The van der Waals surface area contributed by atoms with Crippen LogP contribution in [0.15, 0.2) is 30.5 Å². The largest absolute Gasteiger partial charge is 0.497 e. The molecule has 1 fully saturated rings. The Kier molecular flexibility index (Phi) is 4.82. The Labute approximate surface area is 141 Å². The van der Waals surface area contributed by atoms with Gasteiger partial charge in [0.1, 0.15) is 5.75 Å². The highest BCUT2D eigenvalue weighted by Gasteiger charge is 2.23. The zero-order chi connectivity index (χ0) is 16.9. The van der Waals surface area contributed by atoms with Gasteiger partial charge in [0.05, 0.1) is 18.9 Å². The first-order valence-electron chi connectivity index (χ1n) is 7.91. The molecule has 1 aliphatic carbocycles. The third-order valence-corrected chi connectivity index (χ3v) is 3.95. The topological polar surface area (TPSA) is 85.1 Å². The molecule has 24 heavy (non-hydrogen) atoms. The van der Waals surface area contributed by atoms with Gasteiger partial charge in [0.2, 0.25) is 5.95 Å². The summed E-state index contributed by atoms with van der Waals surface area (Å²) in [6.45, 7) is 0. The van der Waals surface area contributed by atoms with Crippen molar-refractivity contribution in [2.24, 2.45) is 11.7 Å². The summed E-state index contributed by atoms with van der Waals surface area (Å²) in [4.78, 5) is 8.73. The number of aromatic nitrogens is 2. The lowest BCUT2D eigenvalue weighted by Gasteiger charge is -2.27. The van der Waals surface area contributed by atoms with Gasteiger partial charge >= 0.3 is 0 Å². The minimum absolute atomic E-state index is 0.295. The monoisotopic (exact) mass is 323 g/mol. The molecular formula is C18H21N5O. The molecule has 0 atom stereocenters. The van der Waals surface area contributed by atoms with E-state index in [2.05, 4.69) is 32.4 Å². The average Bonchev–Trinajstić information content (AvgIpc) is 2.59. The maximum absolute atomic E-state index is 5.81. The molecule has 1 aliphatic rings. The van der Waals surface area contributed by atoms with Gasteiger partial charge in [-0.25, -0.2) is 4.98 Å². The first-order valence-corrected chi connectivity index (χ1v) is 7.91. The molecule has 4 N–H and O–H groups in total. The van der Waals surface area contributed by atoms with Gasteiger partial charge in [-0.15, -0.1) is 0 Å². The number of ether oxygens (including phenoxy) is 1. The summed E-state index contributed by atoms with van der Waals surface area (Å²) in [6.07, 6.45) is 3.66. The van der Waals surface area contributed by atoms with Crippen molar-refractivity contribution in [2.75, 3.05) is 24.8 Å². The molecule has 0 radical (unpaired) electrons. The van der Waals surface area contributed by atoms with E-state index < -0.39 is 0 Å². The number of nitrogens with zero attached hydrogens (tertiary/aromatic N) is 2. The average molecular weight is 323 g/mol. The van der Waals surface area contributed by atoms with Gasteiger partial charge in [0.15, 0.2) is 5.82 Å². The highest BCUT2D eigenvalue weighted by Crippen LogP contribution is 2.25. The smallest absolute Gasteiger partial charge is 0.224 e. The van der Waals surface area contributed by atoms with Crippen molar-refractivity contribution < 1.29 is 4.74 Å². The van der Waals surface area contributed by atoms with Crippen LogP contribution in [0.25, 0.3) is 0 Å². The molecule has 1 aromatic carbocycles. The quantitative estimate of drug-likeness (QED) is 0.749. The van der Waals surface area contributed by atoms with E-state index in [4.69, 9.17) is 10.5 Å². The highest BCUT2D eigenvalue weighted by atomic mass is 16.5. The Morgan fingerprint density at radius 1 is 1.25 bits per heavy atom. The van der Waals surface area contributed by atoms with E-state index in [1.165, 1.54) is 0 Å². The van der Waals surface area contributed by atoms with E-state index in [-0.39, 0.29) is 0 Å². The predicted molar refractivity (Wildman–Crippen MR) is 95.4 cm³/mol. The SMILES string of the molecule is CNc1ncc(C#CC2CC(N)C2)c(Nc2ccc(OC)cc2)n1. The number of benzene rings is 1.